The molecule has 2 aromatic carbocycles. The number of ether oxygens (including phenoxy) is 1. The molecule has 1 N–H and O–H groups in total. The zero-order valence-electron chi connectivity index (χ0n) is 20.7. The van der Waals surface area contributed by atoms with Crippen LogP contribution in [0.1, 0.15) is 44.2 Å². The highest BCUT2D eigenvalue weighted by atomic mass is 32.2. The van der Waals surface area contributed by atoms with Crippen LogP contribution in [0.4, 0.5) is 8.78 Å². The second-order valence-electron chi connectivity index (χ2n) is 9.81. The van der Waals surface area contributed by atoms with Crippen molar-refractivity contribution in [3.8, 4) is 5.75 Å². The van der Waals surface area contributed by atoms with Gasteiger partial charge in [-0.3, -0.25) is 4.79 Å². The molecule has 1 heterocycles. The molecule has 35 heavy (non-hydrogen) atoms. The number of rotatable bonds is 9. The molecule has 0 spiro atoms. The van der Waals surface area contributed by atoms with Crippen LogP contribution in [0.15, 0.2) is 47.4 Å². The molecule has 0 aliphatic carbocycles. The fourth-order valence-electron chi connectivity index (χ4n) is 4.05. The Balaban J connectivity index is 1.50. The van der Waals surface area contributed by atoms with Crippen LogP contribution >= 0.6 is 0 Å². The number of benzene rings is 2. The smallest absolute Gasteiger partial charge is 0.243 e. The summed E-state index contributed by atoms with van der Waals surface area (Å²) in [6.07, 6.45) is -0.190. The molecule has 1 aliphatic heterocycles. The monoisotopic (exact) mass is 508 g/mol. The van der Waals surface area contributed by atoms with Crippen molar-refractivity contribution in [1.82, 2.24) is 9.62 Å². The number of piperidine rings is 1. The third-order valence-corrected chi connectivity index (χ3v) is 8.31. The summed E-state index contributed by atoms with van der Waals surface area (Å²) in [5.74, 6) is 0.00907. The van der Waals surface area contributed by atoms with Gasteiger partial charge < -0.3 is 10.1 Å². The van der Waals surface area contributed by atoms with Crippen LogP contribution in [0.25, 0.3) is 0 Å². The number of nitrogens with one attached hydrogen (secondary N) is 1. The Morgan fingerprint density at radius 1 is 1.17 bits per heavy atom. The molecule has 1 saturated heterocycles. The summed E-state index contributed by atoms with van der Waals surface area (Å²) in [5.41, 5.74) is 1.43. The maximum absolute atomic E-state index is 14.9. The first-order valence-electron chi connectivity index (χ1n) is 11.8. The Kier molecular flexibility index (Phi) is 8.54. The minimum atomic E-state index is -3.94. The van der Waals surface area contributed by atoms with E-state index in [1.165, 1.54) is 0 Å². The van der Waals surface area contributed by atoms with Crippen molar-refractivity contribution < 1.29 is 26.7 Å². The van der Waals surface area contributed by atoms with Gasteiger partial charge in [0.05, 0.1) is 17.5 Å². The molecule has 1 amide bonds. The van der Waals surface area contributed by atoms with Gasteiger partial charge >= 0.3 is 0 Å². The van der Waals surface area contributed by atoms with Crippen molar-refractivity contribution in [2.45, 2.75) is 64.1 Å². The van der Waals surface area contributed by atoms with E-state index in [0.29, 0.717) is 19.4 Å². The molecule has 2 aromatic rings. The molecule has 6 nitrogen and oxygen atoms in total. The van der Waals surface area contributed by atoms with Gasteiger partial charge in [-0.15, -0.1) is 0 Å². The van der Waals surface area contributed by atoms with Gasteiger partial charge in [0.25, 0.3) is 0 Å². The molecule has 2 atom stereocenters. The Hall–Kier alpha value is -2.52. The van der Waals surface area contributed by atoms with E-state index < -0.39 is 33.5 Å². The lowest BCUT2D eigenvalue weighted by Crippen LogP contribution is -2.55. The van der Waals surface area contributed by atoms with E-state index in [1.54, 1.807) is 0 Å². The van der Waals surface area contributed by atoms with E-state index in [9.17, 15) is 22.0 Å². The van der Waals surface area contributed by atoms with Gasteiger partial charge in [-0.05, 0) is 74.6 Å². The number of nitrogens with zero attached hydrogens (tertiary/aromatic N) is 1. The summed E-state index contributed by atoms with van der Waals surface area (Å²) in [6, 6.07) is 9.69. The van der Waals surface area contributed by atoms with Gasteiger partial charge in [0.2, 0.25) is 15.9 Å². The van der Waals surface area contributed by atoms with E-state index in [2.05, 4.69) is 5.32 Å². The lowest BCUT2D eigenvalue weighted by atomic mass is 9.86. The fraction of sp³-hybridized carbons (Fsp3) is 0.500. The lowest BCUT2D eigenvalue weighted by Gasteiger charge is -2.36. The summed E-state index contributed by atoms with van der Waals surface area (Å²) in [4.78, 5) is 12.8. The summed E-state index contributed by atoms with van der Waals surface area (Å²) < 4.78 is 60.5. The van der Waals surface area contributed by atoms with Gasteiger partial charge in [0, 0.05) is 18.5 Å². The third kappa shape index (κ3) is 6.79. The minimum absolute atomic E-state index is 0.0647. The summed E-state index contributed by atoms with van der Waals surface area (Å²) >= 11 is 0. The number of hydrogen-bond acceptors (Lipinski definition) is 4. The number of halogens is 2. The largest absolute Gasteiger partial charge is 0.493 e. The van der Waals surface area contributed by atoms with E-state index >= 15 is 0 Å². The first-order valence-corrected chi connectivity index (χ1v) is 13.2. The van der Waals surface area contributed by atoms with E-state index in [-0.39, 0.29) is 30.3 Å². The topological polar surface area (TPSA) is 75.7 Å². The Morgan fingerprint density at radius 2 is 1.86 bits per heavy atom. The predicted molar refractivity (Wildman–Crippen MR) is 131 cm³/mol. The standard InChI is InChI=1S/C26H34F2N2O4S/c1-18-6-7-19(2)24(16-18)34-15-5-13-26(3,4)25(31)29-23-12-14-30(17-22(23)28)35(32,33)21-10-8-20(27)9-11-21/h6-11,16,22-23H,5,12-15,17H2,1-4H3,(H,29,31)/t22-,23-/m0/s1. The SMILES string of the molecule is Cc1ccc(C)c(OCCCC(C)(C)C(=O)N[C@H]2CCN(S(=O)(=O)c3ccc(F)cc3)C[C@@H]2F)c1. The summed E-state index contributed by atoms with van der Waals surface area (Å²) in [5, 5.41) is 2.78. The lowest BCUT2D eigenvalue weighted by molar-refractivity contribution is -0.131. The number of hydrogen-bond donors (Lipinski definition) is 1. The number of carbonyl (C=O) groups excluding carboxylic acids is 1. The van der Waals surface area contributed by atoms with E-state index in [4.69, 9.17) is 4.74 Å². The highest BCUT2D eigenvalue weighted by Gasteiger charge is 2.38. The third-order valence-electron chi connectivity index (χ3n) is 6.43. The molecule has 0 aromatic heterocycles. The Morgan fingerprint density at radius 3 is 2.51 bits per heavy atom. The molecular formula is C26H34F2N2O4S. The van der Waals surface area contributed by atoms with Gasteiger partial charge in [-0.1, -0.05) is 26.0 Å². The molecule has 0 unspecified atom stereocenters. The van der Waals surface area contributed by atoms with Crippen molar-refractivity contribution in [3.05, 3.63) is 59.4 Å². The predicted octanol–water partition coefficient (Wildman–Crippen LogP) is 4.55. The quantitative estimate of drug-likeness (QED) is 0.505. The van der Waals surface area contributed by atoms with Gasteiger partial charge in [-0.2, -0.15) is 4.31 Å². The average Bonchev–Trinajstić information content (AvgIpc) is 2.80. The van der Waals surface area contributed by atoms with Crippen LogP contribution in [0.5, 0.6) is 5.75 Å². The zero-order chi connectivity index (χ0) is 25.8. The van der Waals surface area contributed by atoms with Crippen molar-refractivity contribution in [2.24, 2.45) is 5.41 Å². The molecular weight excluding hydrogens is 474 g/mol. The second kappa shape index (κ2) is 11.0. The molecule has 9 heteroatoms. The van der Waals surface area contributed by atoms with Crippen molar-refractivity contribution in [3.63, 3.8) is 0 Å². The van der Waals surface area contributed by atoms with Crippen LogP contribution < -0.4 is 10.1 Å². The van der Waals surface area contributed by atoms with Gasteiger partial charge in [0.15, 0.2) is 0 Å². The molecule has 1 aliphatic rings. The van der Waals surface area contributed by atoms with Crippen molar-refractivity contribution >= 4 is 15.9 Å². The maximum atomic E-state index is 14.9. The number of sulfonamides is 1. The normalized spacial score (nSPS) is 19.4. The van der Waals surface area contributed by atoms with Crippen LogP contribution in [0.3, 0.4) is 0 Å². The molecule has 0 saturated carbocycles. The van der Waals surface area contributed by atoms with Crippen LogP contribution in [0, 0.1) is 25.1 Å². The molecule has 1 fully saturated rings. The van der Waals surface area contributed by atoms with Gasteiger partial charge in [0.1, 0.15) is 17.7 Å². The van der Waals surface area contributed by atoms with Crippen molar-refractivity contribution in [2.75, 3.05) is 19.7 Å². The second-order valence-corrected chi connectivity index (χ2v) is 11.7. The van der Waals surface area contributed by atoms with E-state index in [1.807, 2.05) is 45.9 Å². The van der Waals surface area contributed by atoms with Gasteiger partial charge in [-0.25, -0.2) is 17.2 Å². The maximum Gasteiger partial charge on any atom is 0.243 e. The van der Waals surface area contributed by atoms with Crippen LogP contribution in [-0.2, 0) is 14.8 Å². The zero-order valence-corrected chi connectivity index (χ0v) is 21.5. The highest BCUT2D eigenvalue weighted by Crippen LogP contribution is 2.27. The Labute approximate surface area is 206 Å². The number of carbonyl (C=O) groups is 1. The van der Waals surface area contributed by atoms with Crippen LogP contribution in [-0.4, -0.2) is 50.5 Å². The number of amides is 1. The first kappa shape index (κ1) is 27.1. The average molecular weight is 509 g/mol. The summed E-state index contributed by atoms with van der Waals surface area (Å²) in [7, 11) is -3.94. The number of alkyl halides is 1. The fourth-order valence-corrected chi connectivity index (χ4v) is 5.51. The summed E-state index contributed by atoms with van der Waals surface area (Å²) in [6.45, 7) is 7.76. The first-order chi connectivity index (χ1) is 16.4. The van der Waals surface area contributed by atoms with Crippen molar-refractivity contribution in [1.29, 1.82) is 0 Å². The van der Waals surface area contributed by atoms with Crippen LogP contribution in [0.2, 0.25) is 0 Å². The van der Waals surface area contributed by atoms with E-state index in [0.717, 1.165) is 45.4 Å². The molecule has 0 radical (unpaired) electrons. The number of aryl methyl sites for hydroxylation is 2. The molecule has 3 rings (SSSR count). The molecule has 192 valence electrons. The molecule has 0 bridgehead atoms. The minimum Gasteiger partial charge on any atom is -0.493 e. The Bertz CT molecular complexity index is 1140. The highest BCUT2D eigenvalue weighted by molar-refractivity contribution is 7.89.